The average molecular weight is 288 g/mol. The highest BCUT2D eigenvalue weighted by Gasteiger charge is 2.15. The fraction of sp³-hybridized carbons (Fsp3) is 0.562. The van der Waals surface area contributed by atoms with E-state index in [1.807, 2.05) is 25.6 Å². The Morgan fingerprint density at radius 2 is 1.95 bits per heavy atom. The fourth-order valence-corrected chi connectivity index (χ4v) is 2.82. The quantitative estimate of drug-likeness (QED) is 0.918. The minimum absolute atomic E-state index is 0.110. The third kappa shape index (κ3) is 3.06. The Balaban J connectivity index is 2.28. The van der Waals surface area contributed by atoms with Gasteiger partial charge in [0.25, 0.3) is 0 Å². The van der Waals surface area contributed by atoms with E-state index in [0.29, 0.717) is 6.42 Å². The maximum absolute atomic E-state index is 11.8. The van der Waals surface area contributed by atoms with Gasteiger partial charge in [0.05, 0.1) is 5.69 Å². The zero-order valence-corrected chi connectivity index (χ0v) is 13.6. The number of fused-ring (bicyclic) bond motifs is 1. The van der Waals surface area contributed by atoms with Gasteiger partial charge >= 0.3 is 0 Å². The number of nitrogens with zero attached hydrogens (tertiary/aromatic N) is 3. The van der Waals surface area contributed by atoms with E-state index in [1.165, 1.54) is 11.1 Å². The molecule has 0 fully saturated rings. The van der Waals surface area contributed by atoms with E-state index in [0.717, 1.165) is 41.8 Å². The first-order valence-corrected chi connectivity index (χ1v) is 7.51. The van der Waals surface area contributed by atoms with E-state index in [4.69, 9.17) is 0 Å². The molecule has 2 heterocycles. The molecule has 0 aromatic carbocycles. The first-order valence-electron chi connectivity index (χ1n) is 7.51. The standard InChI is InChI=1S/C16H24N4O/c1-6-9-17-14(21)8-7-13-10(2)15-12(4)19-20(5)16(15)18-11(13)3/h6-9H2,1-5H3,(H,17,21). The minimum Gasteiger partial charge on any atom is -0.356 e. The Labute approximate surface area is 125 Å². The van der Waals surface area contributed by atoms with Crippen molar-refractivity contribution in [1.82, 2.24) is 20.1 Å². The van der Waals surface area contributed by atoms with E-state index in [9.17, 15) is 4.79 Å². The molecule has 0 saturated heterocycles. The van der Waals surface area contributed by atoms with Crippen LogP contribution in [0.25, 0.3) is 11.0 Å². The number of carbonyl (C=O) groups excluding carboxylic acids is 1. The second-order valence-corrected chi connectivity index (χ2v) is 5.56. The SMILES string of the molecule is CCCNC(=O)CCc1c(C)nc2c(c(C)nn2C)c1C. The van der Waals surface area contributed by atoms with Crippen LogP contribution in [-0.4, -0.2) is 27.2 Å². The van der Waals surface area contributed by atoms with Crippen LogP contribution in [0.3, 0.4) is 0 Å². The van der Waals surface area contributed by atoms with Crippen molar-refractivity contribution >= 4 is 16.9 Å². The summed E-state index contributed by atoms with van der Waals surface area (Å²) in [6, 6.07) is 0. The van der Waals surface area contributed by atoms with Gasteiger partial charge in [0.15, 0.2) is 5.65 Å². The lowest BCUT2D eigenvalue weighted by Crippen LogP contribution is -2.24. The molecule has 2 aromatic rings. The summed E-state index contributed by atoms with van der Waals surface area (Å²) in [4.78, 5) is 16.5. The molecule has 2 aromatic heterocycles. The van der Waals surface area contributed by atoms with Crippen molar-refractivity contribution in [2.75, 3.05) is 6.54 Å². The molecule has 1 amide bonds. The van der Waals surface area contributed by atoms with Crippen LogP contribution in [0.2, 0.25) is 0 Å². The predicted molar refractivity (Wildman–Crippen MR) is 84.3 cm³/mol. The van der Waals surface area contributed by atoms with E-state index < -0.39 is 0 Å². The number of aryl methyl sites for hydroxylation is 4. The van der Waals surface area contributed by atoms with Crippen LogP contribution in [0, 0.1) is 20.8 Å². The van der Waals surface area contributed by atoms with Crippen LogP contribution in [-0.2, 0) is 18.3 Å². The second-order valence-electron chi connectivity index (χ2n) is 5.56. The second kappa shape index (κ2) is 6.24. The highest BCUT2D eigenvalue weighted by atomic mass is 16.1. The molecule has 0 saturated carbocycles. The summed E-state index contributed by atoms with van der Waals surface area (Å²) in [5.41, 5.74) is 5.28. The molecule has 0 atom stereocenters. The van der Waals surface area contributed by atoms with Gasteiger partial charge in [-0.2, -0.15) is 5.10 Å². The Morgan fingerprint density at radius 3 is 2.62 bits per heavy atom. The lowest BCUT2D eigenvalue weighted by molar-refractivity contribution is -0.121. The normalized spacial score (nSPS) is 11.1. The van der Waals surface area contributed by atoms with Crippen molar-refractivity contribution in [2.24, 2.45) is 7.05 Å². The smallest absolute Gasteiger partial charge is 0.220 e. The van der Waals surface area contributed by atoms with Gasteiger partial charge in [-0.15, -0.1) is 0 Å². The summed E-state index contributed by atoms with van der Waals surface area (Å²) in [7, 11) is 1.92. The largest absolute Gasteiger partial charge is 0.356 e. The summed E-state index contributed by atoms with van der Waals surface area (Å²) >= 11 is 0. The monoisotopic (exact) mass is 288 g/mol. The lowest BCUT2D eigenvalue weighted by Gasteiger charge is -2.11. The first kappa shape index (κ1) is 15.5. The predicted octanol–water partition coefficient (Wildman–Crippen LogP) is 2.35. The lowest BCUT2D eigenvalue weighted by atomic mass is 9.99. The Kier molecular flexibility index (Phi) is 4.60. The van der Waals surface area contributed by atoms with E-state index in [-0.39, 0.29) is 5.91 Å². The molecule has 0 unspecified atom stereocenters. The third-order valence-electron chi connectivity index (χ3n) is 3.90. The number of aromatic nitrogens is 3. The van der Waals surface area contributed by atoms with Crippen LogP contribution in [0.1, 0.15) is 42.3 Å². The maximum Gasteiger partial charge on any atom is 0.220 e. The highest BCUT2D eigenvalue weighted by molar-refractivity contribution is 5.84. The number of nitrogens with one attached hydrogen (secondary N) is 1. The molecule has 2 rings (SSSR count). The summed E-state index contributed by atoms with van der Waals surface area (Å²) in [6.45, 7) is 8.91. The number of pyridine rings is 1. The summed E-state index contributed by atoms with van der Waals surface area (Å²) < 4.78 is 1.82. The molecular weight excluding hydrogens is 264 g/mol. The van der Waals surface area contributed by atoms with Crippen LogP contribution >= 0.6 is 0 Å². The molecule has 0 aliphatic carbocycles. The summed E-state index contributed by atoms with van der Waals surface area (Å²) in [5, 5.41) is 8.48. The first-order chi connectivity index (χ1) is 9.95. The fourth-order valence-electron chi connectivity index (χ4n) is 2.82. The van der Waals surface area contributed by atoms with E-state index >= 15 is 0 Å². The van der Waals surface area contributed by atoms with Gasteiger partial charge in [-0.05, 0) is 44.7 Å². The number of rotatable bonds is 5. The van der Waals surface area contributed by atoms with E-state index in [2.05, 4.69) is 29.2 Å². The van der Waals surface area contributed by atoms with Crippen molar-refractivity contribution in [2.45, 2.75) is 47.0 Å². The summed E-state index contributed by atoms with van der Waals surface area (Å²) in [6.07, 6.45) is 2.20. The molecular formula is C16H24N4O. The number of amides is 1. The zero-order chi connectivity index (χ0) is 15.6. The van der Waals surface area contributed by atoms with Gasteiger partial charge in [0.1, 0.15) is 0 Å². The van der Waals surface area contributed by atoms with Gasteiger partial charge in [0, 0.05) is 31.1 Å². The van der Waals surface area contributed by atoms with Crippen molar-refractivity contribution in [3.8, 4) is 0 Å². The van der Waals surface area contributed by atoms with Gasteiger partial charge in [-0.25, -0.2) is 4.98 Å². The van der Waals surface area contributed by atoms with Crippen molar-refractivity contribution in [3.63, 3.8) is 0 Å². The topological polar surface area (TPSA) is 59.8 Å². The average Bonchev–Trinajstić information content (AvgIpc) is 2.71. The molecule has 5 nitrogen and oxygen atoms in total. The molecule has 0 aliphatic rings. The Hall–Kier alpha value is -1.91. The number of carbonyl (C=O) groups is 1. The molecule has 0 spiro atoms. The van der Waals surface area contributed by atoms with Crippen molar-refractivity contribution < 1.29 is 4.79 Å². The van der Waals surface area contributed by atoms with Crippen molar-refractivity contribution in [3.05, 3.63) is 22.5 Å². The molecule has 0 radical (unpaired) electrons. The number of hydrogen-bond donors (Lipinski definition) is 1. The number of hydrogen-bond acceptors (Lipinski definition) is 3. The summed E-state index contributed by atoms with van der Waals surface area (Å²) in [5.74, 6) is 0.110. The van der Waals surface area contributed by atoms with E-state index in [1.54, 1.807) is 0 Å². The van der Waals surface area contributed by atoms with Gasteiger partial charge < -0.3 is 5.32 Å². The van der Waals surface area contributed by atoms with Gasteiger partial charge in [0.2, 0.25) is 5.91 Å². The molecule has 0 bridgehead atoms. The van der Waals surface area contributed by atoms with Crippen LogP contribution in [0.4, 0.5) is 0 Å². The van der Waals surface area contributed by atoms with Crippen LogP contribution in [0.5, 0.6) is 0 Å². The van der Waals surface area contributed by atoms with Gasteiger partial charge in [-0.1, -0.05) is 6.92 Å². The molecule has 1 N–H and O–H groups in total. The van der Waals surface area contributed by atoms with Gasteiger partial charge in [-0.3, -0.25) is 9.48 Å². The minimum atomic E-state index is 0.110. The molecule has 0 aliphatic heterocycles. The maximum atomic E-state index is 11.8. The van der Waals surface area contributed by atoms with Crippen LogP contribution in [0.15, 0.2) is 0 Å². The highest BCUT2D eigenvalue weighted by Crippen LogP contribution is 2.25. The van der Waals surface area contributed by atoms with Crippen molar-refractivity contribution in [1.29, 1.82) is 0 Å². The Morgan fingerprint density at radius 1 is 1.24 bits per heavy atom. The molecule has 5 heteroatoms. The third-order valence-corrected chi connectivity index (χ3v) is 3.90. The molecule has 114 valence electrons. The molecule has 21 heavy (non-hydrogen) atoms. The zero-order valence-electron chi connectivity index (χ0n) is 13.6. The Bertz CT molecular complexity index is 673. The van der Waals surface area contributed by atoms with Crippen LogP contribution < -0.4 is 5.32 Å².